The average Bonchev–Trinajstić information content (AvgIpc) is 2.34. The molecule has 0 fully saturated rings. The summed E-state index contributed by atoms with van der Waals surface area (Å²) in [5.41, 5.74) is -0.864. The van der Waals surface area contributed by atoms with Gasteiger partial charge < -0.3 is 10.2 Å². The van der Waals surface area contributed by atoms with Crippen LogP contribution in [0.3, 0.4) is 0 Å². The molecule has 0 heterocycles. The summed E-state index contributed by atoms with van der Waals surface area (Å²) >= 11 is 3.10. The third-order valence-electron chi connectivity index (χ3n) is 2.98. The SMILES string of the molecule is CC(CNC(=O)c1cc(C(F)(F)F)ccc1Br)N(C)C. The standard InChI is InChI=1S/C13H16BrF3N2O/c1-8(19(2)3)7-18-12(20)10-6-9(13(15,16)17)4-5-11(10)14/h4-6,8H,7H2,1-3H3,(H,18,20). The van der Waals surface area contributed by atoms with Gasteiger partial charge in [0, 0.05) is 17.1 Å². The van der Waals surface area contributed by atoms with E-state index in [4.69, 9.17) is 0 Å². The molecule has 0 aliphatic heterocycles. The number of carbonyl (C=O) groups excluding carboxylic acids is 1. The van der Waals surface area contributed by atoms with Crippen LogP contribution in [0.15, 0.2) is 22.7 Å². The molecule has 0 aliphatic carbocycles. The molecule has 1 rings (SSSR count). The Hall–Kier alpha value is -1.08. The lowest BCUT2D eigenvalue weighted by Gasteiger charge is -2.20. The van der Waals surface area contributed by atoms with Crippen LogP contribution < -0.4 is 5.32 Å². The number of hydrogen-bond donors (Lipinski definition) is 1. The van der Waals surface area contributed by atoms with E-state index in [-0.39, 0.29) is 11.6 Å². The van der Waals surface area contributed by atoms with E-state index in [2.05, 4.69) is 21.2 Å². The van der Waals surface area contributed by atoms with Gasteiger partial charge in [0.25, 0.3) is 5.91 Å². The summed E-state index contributed by atoms with van der Waals surface area (Å²) in [6, 6.07) is 3.10. The van der Waals surface area contributed by atoms with Gasteiger partial charge in [0.15, 0.2) is 0 Å². The first kappa shape index (κ1) is 17.0. The fourth-order valence-corrected chi connectivity index (χ4v) is 1.82. The summed E-state index contributed by atoms with van der Waals surface area (Å²) in [6.45, 7) is 2.26. The Morgan fingerprint density at radius 3 is 2.50 bits per heavy atom. The van der Waals surface area contributed by atoms with Crippen molar-refractivity contribution in [1.29, 1.82) is 0 Å². The minimum absolute atomic E-state index is 0.0224. The van der Waals surface area contributed by atoms with E-state index in [1.54, 1.807) is 0 Å². The van der Waals surface area contributed by atoms with Gasteiger partial charge in [0.05, 0.1) is 11.1 Å². The molecule has 1 unspecified atom stereocenters. The third kappa shape index (κ3) is 4.49. The van der Waals surface area contributed by atoms with Gasteiger partial charge in [-0.15, -0.1) is 0 Å². The van der Waals surface area contributed by atoms with E-state index in [0.29, 0.717) is 11.0 Å². The first-order valence-electron chi connectivity index (χ1n) is 5.94. The number of benzene rings is 1. The Balaban J connectivity index is 2.87. The number of halogens is 4. The summed E-state index contributed by atoms with van der Waals surface area (Å²) in [6.07, 6.45) is -4.47. The molecular formula is C13H16BrF3N2O. The number of alkyl halides is 3. The predicted molar refractivity (Wildman–Crippen MR) is 74.6 cm³/mol. The van der Waals surface area contributed by atoms with Crippen LogP contribution in [0.1, 0.15) is 22.8 Å². The fraction of sp³-hybridized carbons (Fsp3) is 0.462. The van der Waals surface area contributed by atoms with E-state index < -0.39 is 17.6 Å². The summed E-state index contributed by atoms with van der Waals surface area (Å²) in [5, 5.41) is 2.62. The topological polar surface area (TPSA) is 32.3 Å². The summed E-state index contributed by atoms with van der Waals surface area (Å²) in [4.78, 5) is 13.8. The normalized spacial score (nSPS) is 13.4. The van der Waals surface area contributed by atoms with Gasteiger partial charge in [-0.3, -0.25) is 4.79 Å². The van der Waals surface area contributed by atoms with Crippen molar-refractivity contribution in [2.45, 2.75) is 19.1 Å². The smallest absolute Gasteiger partial charge is 0.350 e. The fourth-order valence-electron chi connectivity index (χ4n) is 1.39. The molecule has 1 aromatic rings. The molecule has 0 saturated heterocycles. The zero-order valence-electron chi connectivity index (χ0n) is 11.4. The maximum atomic E-state index is 12.6. The Labute approximate surface area is 124 Å². The van der Waals surface area contributed by atoms with Gasteiger partial charge >= 0.3 is 6.18 Å². The molecule has 1 amide bonds. The predicted octanol–water partition coefficient (Wildman–Crippen LogP) is 3.15. The number of nitrogens with zero attached hydrogens (tertiary/aromatic N) is 1. The van der Waals surface area contributed by atoms with Gasteiger partial charge in [0.1, 0.15) is 0 Å². The van der Waals surface area contributed by atoms with Gasteiger partial charge in [-0.2, -0.15) is 13.2 Å². The van der Waals surface area contributed by atoms with Crippen LogP contribution in [-0.4, -0.2) is 37.5 Å². The first-order chi connectivity index (χ1) is 9.12. The third-order valence-corrected chi connectivity index (χ3v) is 3.67. The number of rotatable bonds is 4. The number of likely N-dealkylation sites (N-methyl/N-ethyl adjacent to an activating group) is 1. The lowest BCUT2D eigenvalue weighted by molar-refractivity contribution is -0.137. The van der Waals surface area contributed by atoms with Gasteiger partial charge in [-0.1, -0.05) is 0 Å². The van der Waals surface area contributed by atoms with Gasteiger partial charge in [-0.25, -0.2) is 0 Å². The number of nitrogens with one attached hydrogen (secondary N) is 1. The Morgan fingerprint density at radius 1 is 1.40 bits per heavy atom. The van der Waals surface area contributed by atoms with Crippen molar-refractivity contribution in [2.24, 2.45) is 0 Å². The Morgan fingerprint density at radius 2 is 2.00 bits per heavy atom. The maximum absolute atomic E-state index is 12.6. The first-order valence-corrected chi connectivity index (χ1v) is 6.73. The van der Waals surface area contributed by atoms with E-state index in [0.717, 1.165) is 12.1 Å². The minimum atomic E-state index is -4.47. The molecule has 0 saturated carbocycles. The van der Waals surface area contributed by atoms with E-state index >= 15 is 0 Å². The quantitative estimate of drug-likeness (QED) is 0.902. The van der Waals surface area contributed by atoms with Crippen molar-refractivity contribution < 1.29 is 18.0 Å². The van der Waals surface area contributed by atoms with Crippen molar-refractivity contribution in [3.63, 3.8) is 0 Å². The molecule has 0 aliphatic rings. The molecular weight excluding hydrogens is 337 g/mol. The summed E-state index contributed by atoms with van der Waals surface area (Å²) in [7, 11) is 3.72. The number of amides is 1. The average molecular weight is 353 g/mol. The van der Waals surface area contributed by atoms with Crippen molar-refractivity contribution in [3.05, 3.63) is 33.8 Å². The van der Waals surface area contributed by atoms with Crippen LogP contribution in [0.4, 0.5) is 13.2 Å². The van der Waals surface area contributed by atoms with Crippen LogP contribution in [0.5, 0.6) is 0 Å². The Bertz CT molecular complexity index is 489. The Kier molecular flexibility index (Phi) is 5.59. The molecule has 0 bridgehead atoms. The van der Waals surface area contributed by atoms with Crippen LogP contribution >= 0.6 is 15.9 Å². The van der Waals surface area contributed by atoms with E-state index in [1.165, 1.54) is 6.07 Å². The van der Waals surface area contributed by atoms with Crippen molar-refractivity contribution in [2.75, 3.05) is 20.6 Å². The molecule has 1 aromatic carbocycles. The van der Waals surface area contributed by atoms with Crippen LogP contribution in [-0.2, 0) is 6.18 Å². The molecule has 0 aromatic heterocycles. The molecule has 112 valence electrons. The second-order valence-electron chi connectivity index (χ2n) is 4.72. The highest BCUT2D eigenvalue weighted by Gasteiger charge is 2.31. The maximum Gasteiger partial charge on any atom is 0.416 e. The lowest BCUT2D eigenvalue weighted by Crippen LogP contribution is -2.38. The molecule has 20 heavy (non-hydrogen) atoms. The zero-order chi connectivity index (χ0) is 15.5. The number of carbonyl (C=O) groups is 1. The highest BCUT2D eigenvalue weighted by Crippen LogP contribution is 2.31. The van der Waals surface area contributed by atoms with Gasteiger partial charge in [0.2, 0.25) is 0 Å². The molecule has 7 heteroatoms. The zero-order valence-corrected chi connectivity index (χ0v) is 13.0. The van der Waals surface area contributed by atoms with Crippen molar-refractivity contribution in [1.82, 2.24) is 10.2 Å². The summed E-state index contributed by atoms with van der Waals surface area (Å²) < 4.78 is 38.2. The number of hydrogen-bond acceptors (Lipinski definition) is 2. The van der Waals surface area contributed by atoms with Crippen LogP contribution in [0.2, 0.25) is 0 Å². The molecule has 3 nitrogen and oxygen atoms in total. The van der Waals surface area contributed by atoms with Crippen molar-refractivity contribution >= 4 is 21.8 Å². The van der Waals surface area contributed by atoms with E-state index in [1.807, 2.05) is 25.9 Å². The van der Waals surface area contributed by atoms with Crippen LogP contribution in [0.25, 0.3) is 0 Å². The molecule has 1 N–H and O–H groups in total. The van der Waals surface area contributed by atoms with Crippen molar-refractivity contribution in [3.8, 4) is 0 Å². The van der Waals surface area contributed by atoms with Crippen LogP contribution in [0, 0.1) is 0 Å². The largest absolute Gasteiger partial charge is 0.416 e. The highest BCUT2D eigenvalue weighted by atomic mass is 79.9. The van der Waals surface area contributed by atoms with E-state index in [9.17, 15) is 18.0 Å². The lowest BCUT2D eigenvalue weighted by atomic mass is 10.1. The van der Waals surface area contributed by atoms with Gasteiger partial charge in [-0.05, 0) is 55.1 Å². The molecule has 0 spiro atoms. The second-order valence-corrected chi connectivity index (χ2v) is 5.57. The second kappa shape index (κ2) is 6.58. The monoisotopic (exact) mass is 352 g/mol. The molecule has 0 radical (unpaired) electrons. The minimum Gasteiger partial charge on any atom is -0.350 e. The molecule has 1 atom stereocenters. The highest BCUT2D eigenvalue weighted by molar-refractivity contribution is 9.10. The summed E-state index contributed by atoms with van der Waals surface area (Å²) in [5.74, 6) is -0.531.